The molecule has 1 unspecified atom stereocenters. The van der Waals surface area contributed by atoms with Crippen molar-refractivity contribution >= 4 is 18.4 Å². The molecule has 0 radical (unpaired) electrons. The van der Waals surface area contributed by atoms with Gasteiger partial charge in [0.2, 0.25) is 0 Å². The average Bonchev–Trinajstić information content (AvgIpc) is 3.17. The molecule has 0 saturated heterocycles. The van der Waals surface area contributed by atoms with E-state index in [0.717, 1.165) is 10.6 Å². The normalized spacial score (nSPS) is 16.6. The molecule has 0 amide bonds. The number of fused-ring (bicyclic) bond motifs is 6. The predicted octanol–water partition coefficient (Wildman–Crippen LogP) is 7.39. The summed E-state index contributed by atoms with van der Waals surface area (Å²) in [4.78, 5) is 0. The summed E-state index contributed by atoms with van der Waals surface area (Å²) in [6.45, 7) is 11.5. The van der Waals surface area contributed by atoms with Crippen molar-refractivity contribution < 1.29 is 4.57 Å². The molecule has 2 aliphatic carbocycles. The van der Waals surface area contributed by atoms with Crippen LogP contribution >= 0.6 is 7.80 Å². The number of hydrogen-bond acceptors (Lipinski definition) is 1. The van der Waals surface area contributed by atoms with Gasteiger partial charge in [0.1, 0.15) is 0 Å². The molecule has 162 valence electrons. The van der Waals surface area contributed by atoms with Crippen LogP contribution < -0.4 is 10.6 Å². The van der Waals surface area contributed by atoms with Crippen molar-refractivity contribution in [3.05, 3.63) is 107 Å². The lowest BCUT2D eigenvalue weighted by atomic mass is 9.79. The highest BCUT2D eigenvalue weighted by molar-refractivity contribution is 7.61. The minimum Gasteiger partial charge on any atom is -0.0619 e. The first-order valence-electron chi connectivity index (χ1n) is 11.7. The maximum atomic E-state index is 13.3. The second-order valence-corrected chi connectivity index (χ2v) is 12.2. The highest BCUT2D eigenvalue weighted by Crippen LogP contribution is 2.56. The van der Waals surface area contributed by atoms with E-state index in [9.17, 15) is 4.57 Å². The first-order chi connectivity index (χ1) is 15.7. The van der Waals surface area contributed by atoms with E-state index >= 15 is 0 Å². The van der Waals surface area contributed by atoms with Gasteiger partial charge in [-0.3, -0.25) is 0 Å². The maximum absolute atomic E-state index is 13.3. The topological polar surface area (TPSA) is 17.1 Å². The maximum Gasteiger partial charge on any atom is 0.415 e. The number of hydrogen-bond donors (Lipinski definition) is 0. The van der Waals surface area contributed by atoms with Gasteiger partial charge in [-0.1, -0.05) is 74.2 Å². The largest absolute Gasteiger partial charge is 0.415 e. The first kappa shape index (κ1) is 20.6. The Hall–Kier alpha value is -3.02. The molecular formula is C31H28OP+. The van der Waals surface area contributed by atoms with Crippen LogP contribution in [0.2, 0.25) is 0 Å². The summed E-state index contributed by atoms with van der Waals surface area (Å²) < 4.78 is 13.3. The average molecular weight is 448 g/mol. The van der Waals surface area contributed by atoms with E-state index in [1.807, 2.05) is 30.3 Å². The minimum absolute atomic E-state index is 0.0186. The molecule has 0 bridgehead atoms. The van der Waals surface area contributed by atoms with Crippen molar-refractivity contribution in [1.82, 2.24) is 0 Å². The van der Waals surface area contributed by atoms with Gasteiger partial charge in [0.25, 0.3) is 0 Å². The molecule has 33 heavy (non-hydrogen) atoms. The second-order valence-electron chi connectivity index (χ2n) is 10.6. The van der Waals surface area contributed by atoms with E-state index in [-0.39, 0.29) is 10.8 Å². The Bertz CT molecular complexity index is 1470. The van der Waals surface area contributed by atoms with Crippen LogP contribution in [-0.2, 0) is 15.4 Å². The van der Waals surface area contributed by atoms with E-state index < -0.39 is 7.80 Å². The molecule has 0 spiro atoms. The van der Waals surface area contributed by atoms with Crippen molar-refractivity contribution in [2.45, 2.75) is 45.4 Å². The molecule has 6 rings (SSSR count). The summed E-state index contributed by atoms with van der Waals surface area (Å²) in [6, 6.07) is 28.0. The van der Waals surface area contributed by atoms with Crippen LogP contribution in [0.1, 0.15) is 55.5 Å². The van der Waals surface area contributed by atoms with E-state index in [1.54, 1.807) is 0 Å². The highest BCUT2D eigenvalue weighted by Gasteiger charge is 2.42. The molecule has 2 heteroatoms. The molecule has 0 aliphatic heterocycles. The highest BCUT2D eigenvalue weighted by atomic mass is 31.1. The quantitative estimate of drug-likeness (QED) is 0.293. The van der Waals surface area contributed by atoms with Crippen molar-refractivity contribution in [2.24, 2.45) is 0 Å². The smallest absolute Gasteiger partial charge is 0.0619 e. The van der Waals surface area contributed by atoms with E-state index in [0.29, 0.717) is 0 Å². The van der Waals surface area contributed by atoms with Gasteiger partial charge in [-0.15, -0.1) is 0 Å². The Morgan fingerprint density at radius 2 is 1.06 bits per heavy atom. The summed E-state index contributed by atoms with van der Waals surface area (Å²) in [5.41, 5.74) is 12.0. The summed E-state index contributed by atoms with van der Waals surface area (Å²) in [7, 11) is -1.60. The lowest BCUT2D eigenvalue weighted by Crippen LogP contribution is -2.18. The molecule has 0 aromatic heterocycles. The third kappa shape index (κ3) is 2.79. The van der Waals surface area contributed by atoms with Crippen LogP contribution in [0.15, 0.2) is 78.9 Å². The van der Waals surface area contributed by atoms with E-state index in [4.69, 9.17) is 0 Å². The van der Waals surface area contributed by atoms with Crippen LogP contribution in [0.3, 0.4) is 0 Å². The fourth-order valence-corrected chi connectivity index (χ4v) is 7.10. The molecular weight excluding hydrogens is 419 g/mol. The molecule has 0 heterocycles. The second kappa shape index (κ2) is 6.75. The van der Waals surface area contributed by atoms with Gasteiger partial charge in [-0.25, -0.2) is 0 Å². The van der Waals surface area contributed by atoms with Crippen molar-refractivity contribution in [2.75, 3.05) is 0 Å². The van der Waals surface area contributed by atoms with Gasteiger partial charge < -0.3 is 0 Å². The molecule has 4 aromatic rings. The lowest BCUT2D eigenvalue weighted by Gasteiger charge is -2.24. The lowest BCUT2D eigenvalue weighted by molar-refractivity contribution is 0.598. The zero-order valence-corrected chi connectivity index (χ0v) is 20.8. The number of benzene rings is 4. The minimum atomic E-state index is -1.60. The SMILES string of the molecule is Cc1ccc2c(c1)C(C)(C)c1cc3c(cc1-2)C(C)(C)c1cc([P+](=O)c2ccccc2)ccc1-3. The molecule has 1 nitrogen and oxygen atoms in total. The number of aryl methyl sites for hydroxylation is 1. The summed E-state index contributed by atoms with van der Waals surface area (Å²) in [5.74, 6) is 0. The first-order valence-corrected chi connectivity index (χ1v) is 12.9. The van der Waals surface area contributed by atoms with Crippen molar-refractivity contribution in [1.29, 1.82) is 0 Å². The Labute approximate surface area is 197 Å². The fourth-order valence-electron chi connectivity index (χ4n) is 5.90. The van der Waals surface area contributed by atoms with Gasteiger partial charge in [0.15, 0.2) is 10.6 Å². The fraction of sp³-hybridized carbons (Fsp3) is 0.226. The molecule has 1 atom stereocenters. The zero-order chi connectivity index (χ0) is 23.1. The van der Waals surface area contributed by atoms with E-state index in [1.165, 1.54) is 50.1 Å². The Morgan fingerprint density at radius 1 is 0.545 bits per heavy atom. The monoisotopic (exact) mass is 447 g/mol. The summed E-state index contributed by atoms with van der Waals surface area (Å²) >= 11 is 0. The third-order valence-corrected chi connectivity index (χ3v) is 9.35. The summed E-state index contributed by atoms with van der Waals surface area (Å²) in [6.07, 6.45) is 0. The predicted molar refractivity (Wildman–Crippen MR) is 140 cm³/mol. The van der Waals surface area contributed by atoms with Gasteiger partial charge >= 0.3 is 7.80 Å². The summed E-state index contributed by atoms with van der Waals surface area (Å²) in [5, 5.41) is 1.79. The molecule has 4 aromatic carbocycles. The molecule has 0 saturated carbocycles. The van der Waals surface area contributed by atoms with Crippen LogP contribution in [-0.4, -0.2) is 0 Å². The van der Waals surface area contributed by atoms with Gasteiger partial charge in [-0.2, -0.15) is 0 Å². The van der Waals surface area contributed by atoms with Gasteiger partial charge in [0.05, 0.1) is 0 Å². The zero-order valence-electron chi connectivity index (χ0n) is 19.9. The van der Waals surface area contributed by atoms with Crippen LogP contribution in [0, 0.1) is 6.92 Å². The molecule has 2 aliphatic rings. The Morgan fingerprint density at radius 3 is 1.67 bits per heavy atom. The van der Waals surface area contributed by atoms with Crippen LogP contribution in [0.5, 0.6) is 0 Å². The Kier molecular flexibility index (Phi) is 4.21. The molecule has 0 N–H and O–H groups in total. The van der Waals surface area contributed by atoms with Crippen LogP contribution in [0.4, 0.5) is 0 Å². The Balaban J connectivity index is 1.52. The van der Waals surface area contributed by atoms with Gasteiger partial charge in [0, 0.05) is 10.8 Å². The van der Waals surface area contributed by atoms with Gasteiger partial charge in [-0.05, 0) is 93.9 Å². The van der Waals surface area contributed by atoms with Crippen molar-refractivity contribution in [3.63, 3.8) is 0 Å². The third-order valence-electron chi connectivity index (χ3n) is 7.83. The standard InChI is InChI=1S/C31H28OP/c1-19-11-13-22-24-17-29-25(18-28(24)30(2,3)26(22)15-19)23-14-12-21(16-27(23)31(29,4)5)33(32)20-9-7-6-8-10-20/h6-18H,1-5H3/q+1. The van der Waals surface area contributed by atoms with E-state index in [2.05, 4.69) is 83.1 Å². The van der Waals surface area contributed by atoms with Crippen molar-refractivity contribution in [3.8, 4) is 22.3 Å². The van der Waals surface area contributed by atoms with Crippen LogP contribution in [0.25, 0.3) is 22.3 Å². The molecule has 0 fully saturated rings. The number of rotatable bonds is 2.